The van der Waals surface area contributed by atoms with Gasteiger partial charge in [-0.2, -0.15) is 0 Å². The van der Waals surface area contributed by atoms with Crippen molar-refractivity contribution in [1.82, 2.24) is 0 Å². The molecule has 0 heterocycles. The van der Waals surface area contributed by atoms with E-state index in [1.54, 1.807) is 0 Å². The Morgan fingerprint density at radius 3 is 1.75 bits per heavy atom. The van der Waals surface area contributed by atoms with Gasteiger partial charge in [-0.1, -0.05) is 113 Å². The van der Waals surface area contributed by atoms with Crippen molar-refractivity contribution in [2.24, 2.45) is 11.8 Å². The van der Waals surface area contributed by atoms with Crippen molar-refractivity contribution in [3.05, 3.63) is 47.5 Å². The first kappa shape index (κ1) is 37.3. The van der Waals surface area contributed by atoms with E-state index in [4.69, 9.17) is 13.6 Å². The number of benzene rings is 1. The van der Waals surface area contributed by atoms with Gasteiger partial charge in [0.25, 0.3) is 0 Å². The molecule has 0 aliphatic rings. The second-order valence-electron chi connectivity index (χ2n) is 13.2. The van der Waals surface area contributed by atoms with Gasteiger partial charge in [0.15, 0.2) is 8.32 Å². The highest BCUT2D eigenvalue weighted by Gasteiger charge is 2.48. The molecule has 5 atom stereocenters. The Labute approximate surface area is 250 Å². The zero-order valence-electron chi connectivity index (χ0n) is 28.3. The third-order valence-corrected chi connectivity index (χ3v) is 20.2. The molecule has 0 aliphatic heterocycles. The molecule has 0 radical (unpaired) electrons. The van der Waals surface area contributed by atoms with Crippen LogP contribution >= 0.6 is 0 Å². The lowest BCUT2D eigenvalue weighted by Gasteiger charge is -2.47. The Morgan fingerprint density at radius 2 is 1.30 bits per heavy atom. The maximum Gasteiger partial charge on any atom is 0.201 e. The SMILES string of the molecule is CC[Si](CC)(CC)O[C@@H](C)[C@@H](O)[C@H](C)[C@@H](O[Si](C(C)C)(C(C)C)C(C)C)/C(C)=C/[C@@H](C)COCc1ccccc1. The first-order valence-corrected chi connectivity index (χ1v) is 20.7. The Bertz CT molecular complexity index is 821. The van der Waals surface area contributed by atoms with Crippen LogP contribution in [0.1, 0.15) is 95.6 Å². The molecule has 0 saturated heterocycles. The molecule has 0 bridgehead atoms. The van der Waals surface area contributed by atoms with Gasteiger partial charge in [-0.3, -0.25) is 0 Å². The average Bonchev–Trinajstić information content (AvgIpc) is 2.91. The van der Waals surface area contributed by atoms with E-state index >= 15 is 0 Å². The Balaban J connectivity index is 3.30. The van der Waals surface area contributed by atoms with Crippen molar-refractivity contribution in [3.63, 3.8) is 0 Å². The van der Waals surface area contributed by atoms with E-state index in [9.17, 15) is 5.11 Å². The summed E-state index contributed by atoms with van der Waals surface area (Å²) in [6, 6.07) is 13.6. The summed E-state index contributed by atoms with van der Waals surface area (Å²) in [6.07, 6.45) is 1.32. The van der Waals surface area contributed by atoms with Crippen LogP contribution in [0.5, 0.6) is 0 Å². The van der Waals surface area contributed by atoms with Crippen LogP contribution in [-0.2, 0) is 20.2 Å². The molecule has 0 aliphatic carbocycles. The zero-order chi connectivity index (χ0) is 30.7. The van der Waals surface area contributed by atoms with Gasteiger partial charge in [-0.25, -0.2) is 0 Å². The predicted octanol–water partition coefficient (Wildman–Crippen LogP) is 9.75. The summed E-state index contributed by atoms with van der Waals surface area (Å²) >= 11 is 0. The van der Waals surface area contributed by atoms with Crippen molar-refractivity contribution < 1.29 is 18.7 Å². The fourth-order valence-corrected chi connectivity index (χ4v) is 15.4. The highest BCUT2D eigenvalue weighted by Crippen LogP contribution is 2.45. The molecule has 0 amide bonds. The Morgan fingerprint density at radius 1 is 0.800 bits per heavy atom. The number of rotatable bonds is 19. The molecule has 0 aromatic heterocycles. The topological polar surface area (TPSA) is 47.9 Å². The monoisotopic (exact) mass is 592 g/mol. The van der Waals surface area contributed by atoms with Crippen molar-refractivity contribution in [2.75, 3.05) is 6.61 Å². The maximum atomic E-state index is 11.8. The molecular weight excluding hydrogens is 529 g/mol. The van der Waals surface area contributed by atoms with Crippen molar-refractivity contribution in [2.45, 2.75) is 150 Å². The molecule has 232 valence electrons. The van der Waals surface area contributed by atoms with Gasteiger partial charge >= 0.3 is 0 Å². The van der Waals surface area contributed by atoms with Gasteiger partial charge in [0.05, 0.1) is 31.5 Å². The minimum atomic E-state index is -2.20. The third kappa shape index (κ3) is 9.91. The van der Waals surface area contributed by atoms with E-state index in [0.29, 0.717) is 29.8 Å². The summed E-state index contributed by atoms with van der Waals surface area (Å²) in [5, 5.41) is 11.8. The third-order valence-electron chi connectivity index (χ3n) is 9.39. The molecule has 6 heteroatoms. The van der Waals surface area contributed by atoms with Crippen molar-refractivity contribution >= 4 is 16.6 Å². The quantitative estimate of drug-likeness (QED) is 0.128. The van der Waals surface area contributed by atoms with Crippen LogP contribution in [-0.4, -0.2) is 46.7 Å². The molecular formula is C34H64O4Si2. The van der Waals surface area contributed by atoms with E-state index in [0.717, 1.165) is 18.1 Å². The van der Waals surface area contributed by atoms with Crippen LogP contribution in [0, 0.1) is 11.8 Å². The molecule has 0 saturated carbocycles. The summed E-state index contributed by atoms with van der Waals surface area (Å²) < 4.78 is 20.3. The summed E-state index contributed by atoms with van der Waals surface area (Å²) in [5.74, 6) is 0.144. The second kappa shape index (κ2) is 17.4. The van der Waals surface area contributed by atoms with E-state index < -0.39 is 22.7 Å². The van der Waals surface area contributed by atoms with Crippen LogP contribution in [0.3, 0.4) is 0 Å². The van der Waals surface area contributed by atoms with Crippen LogP contribution in [0.15, 0.2) is 42.0 Å². The number of ether oxygens (including phenoxy) is 1. The smallest absolute Gasteiger partial charge is 0.201 e. The summed E-state index contributed by atoms with van der Waals surface area (Å²) in [4.78, 5) is 0. The largest absolute Gasteiger partial charge is 0.412 e. The first-order chi connectivity index (χ1) is 18.7. The molecule has 4 nitrogen and oxygen atoms in total. The van der Waals surface area contributed by atoms with Crippen LogP contribution in [0.2, 0.25) is 34.8 Å². The fourth-order valence-electron chi connectivity index (χ4n) is 6.84. The molecule has 1 aromatic carbocycles. The van der Waals surface area contributed by atoms with E-state index in [-0.39, 0.29) is 24.0 Å². The zero-order valence-corrected chi connectivity index (χ0v) is 30.3. The summed E-state index contributed by atoms with van der Waals surface area (Å²) in [6.45, 7) is 30.6. The molecule has 1 rings (SSSR count). The van der Waals surface area contributed by atoms with E-state index in [1.165, 1.54) is 11.1 Å². The molecule has 1 N–H and O–H groups in total. The lowest BCUT2D eigenvalue weighted by molar-refractivity contribution is -0.0269. The highest BCUT2D eigenvalue weighted by atomic mass is 28.4. The van der Waals surface area contributed by atoms with Gasteiger partial charge < -0.3 is 18.7 Å². The standard InChI is InChI=1S/C34H64O4Si2/c1-14-39(15-2,16-3)37-31(13)33(35)30(12)34(38-40(25(4)5,26(6)7)27(8)9)29(11)22-28(10)23-36-24-32-20-18-17-19-21-32/h17-22,25-28,30-31,33-35H,14-16,23-24H2,1-13H3/b29-22+/t28-,30+,31+,33+,34+/m1/s1. The molecule has 0 unspecified atom stereocenters. The number of aliphatic hydroxyl groups is 1. The lowest BCUT2D eigenvalue weighted by atomic mass is 9.89. The minimum Gasteiger partial charge on any atom is -0.412 e. The summed E-state index contributed by atoms with van der Waals surface area (Å²) in [7, 11) is -4.04. The molecule has 0 fully saturated rings. The van der Waals surface area contributed by atoms with Gasteiger partial charge in [0.2, 0.25) is 8.32 Å². The van der Waals surface area contributed by atoms with E-state index in [1.807, 2.05) is 18.2 Å². The van der Waals surface area contributed by atoms with Crippen molar-refractivity contribution in [1.29, 1.82) is 0 Å². The normalized spacial score (nSPS) is 17.4. The number of aliphatic hydroxyl groups excluding tert-OH is 1. The van der Waals surface area contributed by atoms with Crippen LogP contribution in [0.4, 0.5) is 0 Å². The number of hydrogen-bond acceptors (Lipinski definition) is 4. The number of hydrogen-bond donors (Lipinski definition) is 1. The highest BCUT2D eigenvalue weighted by molar-refractivity contribution is 6.77. The predicted molar refractivity (Wildman–Crippen MR) is 178 cm³/mol. The average molecular weight is 593 g/mol. The Hall–Kier alpha value is -0.766. The first-order valence-electron chi connectivity index (χ1n) is 16.0. The van der Waals surface area contributed by atoms with E-state index in [2.05, 4.69) is 108 Å². The second-order valence-corrected chi connectivity index (χ2v) is 23.3. The van der Waals surface area contributed by atoms with Crippen molar-refractivity contribution in [3.8, 4) is 0 Å². The lowest BCUT2D eigenvalue weighted by Crippen LogP contribution is -2.54. The van der Waals surface area contributed by atoms with Gasteiger partial charge in [-0.05, 0) is 65.7 Å². The maximum absolute atomic E-state index is 11.8. The van der Waals surface area contributed by atoms with Gasteiger partial charge in [-0.15, -0.1) is 0 Å². The minimum absolute atomic E-state index is 0.0934. The van der Waals surface area contributed by atoms with Gasteiger partial charge in [0.1, 0.15) is 0 Å². The molecule has 1 aromatic rings. The molecule has 0 spiro atoms. The summed E-state index contributed by atoms with van der Waals surface area (Å²) in [5.41, 5.74) is 3.78. The van der Waals surface area contributed by atoms with Crippen LogP contribution in [0.25, 0.3) is 0 Å². The Kier molecular flexibility index (Phi) is 16.2. The van der Waals surface area contributed by atoms with Gasteiger partial charge in [0, 0.05) is 5.92 Å². The van der Waals surface area contributed by atoms with Crippen LogP contribution < -0.4 is 0 Å². The molecule has 40 heavy (non-hydrogen) atoms. The fraction of sp³-hybridized carbons (Fsp3) is 0.765.